The zero-order chi connectivity index (χ0) is 18.2. The summed E-state index contributed by atoms with van der Waals surface area (Å²) < 4.78 is 37.6. The molecular formula is C19H23F2NO3. The third-order valence-corrected chi connectivity index (χ3v) is 4.29. The van der Waals surface area contributed by atoms with Crippen molar-refractivity contribution < 1.29 is 23.0 Å². The Morgan fingerprint density at radius 3 is 2.68 bits per heavy atom. The molecule has 0 radical (unpaired) electrons. The van der Waals surface area contributed by atoms with E-state index in [0.29, 0.717) is 26.1 Å². The summed E-state index contributed by atoms with van der Waals surface area (Å²) in [6, 6.07) is 3.67. The van der Waals surface area contributed by atoms with Gasteiger partial charge in [-0.05, 0) is 51.3 Å². The van der Waals surface area contributed by atoms with Crippen LogP contribution in [0, 0.1) is 11.6 Å². The molecule has 25 heavy (non-hydrogen) atoms. The molecule has 6 heteroatoms. The van der Waals surface area contributed by atoms with Crippen LogP contribution in [-0.4, -0.2) is 41.9 Å². The molecule has 0 aliphatic carbocycles. The normalized spacial score (nSPS) is 23.2. The number of hydrogen-bond acceptors (Lipinski definition) is 3. The van der Waals surface area contributed by atoms with Crippen molar-refractivity contribution >= 4 is 6.09 Å². The number of halogens is 2. The fraction of sp³-hybridized carbons (Fsp3) is 0.526. The Kier molecular flexibility index (Phi) is 4.82. The molecule has 1 aromatic rings. The van der Waals surface area contributed by atoms with E-state index < -0.39 is 17.2 Å². The lowest BCUT2D eigenvalue weighted by Crippen LogP contribution is -2.57. The molecule has 1 aromatic carbocycles. The summed E-state index contributed by atoms with van der Waals surface area (Å²) in [5.41, 5.74) is 1.26. The average molecular weight is 351 g/mol. The fourth-order valence-corrected chi connectivity index (χ4v) is 3.33. The van der Waals surface area contributed by atoms with Crippen molar-refractivity contribution in [2.45, 2.75) is 51.3 Å². The van der Waals surface area contributed by atoms with E-state index in [4.69, 9.17) is 9.47 Å². The zero-order valence-electron chi connectivity index (χ0n) is 14.7. The van der Waals surface area contributed by atoms with Gasteiger partial charge in [-0.2, -0.15) is 0 Å². The monoisotopic (exact) mass is 351 g/mol. The first-order valence-corrected chi connectivity index (χ1v) is 8.45. The number of fused-ring (bicyclic) bond motifs is 2. The van der Waals surface area contributed by atoms with E-state index in [1.165, 1.54) is 6.07 Å². The van der Waals surface area contributed by atoms with E-state index >= 15 is 0 Å². The minimum atomic E-state index is -0.845. The number of rotatable bonds is 2. The number of amides is 1. The van der Waals surface area contributed by atoms with Gasteiger partial charge in [-0.15, -0.1) is 0 Å². The number of nitrogens with zero attached hydrogens (tertiary/aromatic N) is 1. The fourth-order valence-electron chi connectivity index (χ4n) is 3.33. The van der Waals surface area contributed by atoms with Crippen molar-refractivity contribution in [3.8, 4) is 0 Å². The van der Waals surface area contributed by atoms with E-state index in [1.807, 2.05) is 26.8 Å². The highest BCUT2D eigenvalue weighted by Gasteiger charge is 2.39. The van der Waals surface area contributed by atoms with Crippen molar-refractivity contribution in [3.63, 3.8) is 0 Å². The largest absolute Gasteiger partial charge is 0.444 e. The van der Waals surface area contributed by atoms with Crippen molar-refractivity contribution in [3.05, 3.63) is 47.0 Å². The van der Waals surface area contributed by atoms with Crippen molar-refractivity contribution in [1.82, 2.24) is 4.90 Å². The maximum absolute atomic E-state index is 13.4. The molecule has 0 N–H and O–H groups in total. The van der Waals surface area contributed by atoms with Crippen LogP contribution < -0.4 is 0 Å². The van der Waals surface area contributed by atoms with Crippen LogP contribution in [0.4, 0.5) is 13.6 Å². The summed E-state index contributed by atoms with van der Waals surface area (Å²) in [4.78, 5) is 14.2. The molecule has 136 valence electrons. The van der Waals surface area contributed by atoms with Crippen molar-refractivity contribution in [1.29, 1.82) is 0 Å². The molecule has 2 bridgehead atoms. The summed E-state index contributed by atoms with van der Waals surface area (Å²) in [6.07, 6.45) is 2.82. The lowest BCUT2D eigenvalue weighted by atomic mass is 9.90. The number of carbonyl (C=O) groups is 1. The topological polar surface area (TPSA) is 38.8 Å². The molecule has 2 heterocycles. The van der Waals surface area contributed by atoms with Crippen molar-refractivity contribution in [2.24, 2.45) is 0 Å². The van der Waals surface area contributed by atoms with E-state index in [0.717, 1.165) is 17.2 Å². The molecule has 1 amide bonds. The Bertz CT molecular complexity index is 696. The predicted molar refractivity (Wildman–Crippen MR) is 89.2 cm³/mol. The van der Waals surface area contributed by atoms with Crippen LogP contribution in [0.5, 0.6) is 0 Å². The van der Waals surface area contributed by atoms with Gasteiger partial charge in [-0.1, -0.05) is 17.7 Å². The van der Waals surface area contributed by atoms with Gasteiger partial charge in [0.25, 0.3) is 0 Å². The van der Waals surface area contributed by atoms with Crippen LogP contribution >= 0.6 is 0 Å². The Hall–Kier alpha value is -1.95. The second-order valence-electron chi connectivity index (χ2n) is 7.60. The molecule has 3 rings (SSSR count). The molecule has 0 saturated carbocycles. The summed E-state index contributed by atoms with van der Waals surface area (Å²) in [7, 11) is 0. The van der Waals surface area contributed by atoms with Crippen LogP contribution in [0.3, 0.4) is 0 Å². The van der Waals surface area contributed by atoms with Gasteiger partial charge in [0.2, 0.25) is 0 Å². The van der Waals surface area contributed by atoms with Crippen LogP contribution in [0.2, 0.25) is 0 Å². The minimum absolute atomic E-state index is 0.0982. The Morgan fingerprint density at radius 2 is 2.04 bits per heavy atom. The van der Waals surface area contributed by atoms with Gasteiger partial charge in [-0.3, -0.25) is 4.90 Å². The molecule has 1 fully saturated rings. The van der Waals surface area contributed by atoms with Crippen LogP contribution in [0.25, 0.3) is 0 Å². The first-order chi connectivity index (χ1) is 11.7. The first kappa shape index (κ1) is 17.9. The summed E-state index contributed by atoms with van der Waals surface area (Å²) in [6.45, 7) is 6.38. The summed E-state index contributed by atoms with van der Waals surface area (Å²) in [5.74, 6) is -1.68. The molecule has 4 nitrogen and oxygen atoms in total. The lowest BCUT2D eigenvalue weighted by Gasteiger charge is -2.44. The maximum Gasteiger partial charge on any atom is 0.411 e. The van der Waals surface area contributed by atoms with E-state index in [-0.39, 0.29) is 18.2 Å². The van der Waals surface area contributed by atoms with Crippen LogP contribution in [-0.2, 0) is 15.9 Å². The quantitative estimate of drug-likeness (QED) is 0.760. The van der Waals surface area contributed by atoms with E-state index in [9.17, 15) is 13.6 Å². The molecule has 2 aliphatic heterocycles. The maximum atomic E-state index is 13.4. The van der Waals surface area contributed by atoms with Gasteiger partial charge in [0.05, 0.1) is 25.3 Å². The molecular weight excluding hydrogens is 328 g/mol. The highest BCUT2D eigenvalue weighted by atomic mass is 19.2. The number of benzene rings is 1. The molecule has 2 atom stereocenters. The van der Waals surface area contributed by atoms with E-state index in [1.54, 1.807) is 11.0 Å². The molecule has 0 aromatic heterocycles. The molecule has 2 aliphatic rings. The van der Waals surface area contributed by atoms with Gasteiger partial charge >= 0.3 is 6.09 Å². The Balaban J connectivity index is 1.76. The number of ether oxygens (including phenoxy) is 2. The Labute approximate surface area is 146 Å². The van der Waals surface area contributed by atoms with Gasteiger partial charge in [0.1, 0.15) is 5.60 Å². The predicted octanol–water partition coefficient (Wildman–Crippen LogP) is 3.84. The molecule has 2 unspecified atom stereocenters. The SMILES string of the molecule is CC(C)(C)OC(=O)N1C2C=C(Cc3ccc(F)c(F)c3)CC1COC2. The summed E-state index contributed by atoms with van der Waals surface area (Å²) >= 11 is 0. The standard InChI is InChI=1S/C19H23F2NO3/c1-19(2,3)25-18(23)22-14-7-13(8-15(22)11-24-10-14)6-12-4-5-16(20)17(21)9-12/h4-5,7,9,14-15H,6,8,10-11H2,1-3H3. The van der Waals surface area contributed by atoms with Gasteiger partial charge in [0, 0.05) is 0 Å². The Morgan fingerprint density at radius 1 is 1.28 bits per heavy atom. The van der Waals surface area contributed by atoms with Crippen LogP contribution in [0.15, 0.2) is 29.8 Å². The van der Waals surface area contributed by atoms with Crippen molar-refractivity contribution in [2.75, 3.05) is 13.2 Å². The summed E-state index contributed by atoms with van der Waals surface area (Å²) in [5, 5.41) is 0. The van der Waals surface area contributed by atoms with Gasteiger partial charge < -0.3 is 9.47 Å². The lowest BCUT2D eigenvalue weighted by molar-refractivity contribution is -0.0536. The molecule has 0 spiro atoms. The minimum Gasteiger partial charge on any atom is -0.444 e. The number of morpholine rings is 1. The second kappa shape index (κ2) is 6.75. The first-order valence-electron chi connectivity index (χ1n) is 8.45. The second-order valence-corrected chi connectivity index (χ2v) is 7.60. The number of carbonyl (C=O) groups excluding carboxylic acids is 1. The van der Waals surface area contributed by atoms with Crippen LogP contribution in [0.1, 0.15) is 32.8 Å². The van der Waals surface area contributed by atoms with E-state index in [2.05, 4.69) is 0 Å². The smallest absolute Gasteiger partial charge is 0.411 e. The number of hydrogen-bond donors (Lipinski definition) is 0. The zero-order valence-corrected chi connectivity index (χ0v) is 14.7. The highest BCUT2D eigenvalue weighted by molar-refractivity contribution is 5.70. The van der Waals surface area contributed by atoms with Gasteiger partial charge in [-0.25, -0.2) is 13.6 Å². The van der Waals surface area contributed by atoms with Gasteiger partial charge in [0.15, 0.2) is 11.6 Å². The highest BCUT2D eigenvalue weighted by Crippen LogP contribution is 2.30. The molecule has 1 saturated heterocycles. The third-order valence-electron chi connectivity index (χ3n) is 4.29. The third kappa shape index (κ3) is 4.18. The average Bonchev–Trinajstić information content (AvgIpc) is 2.48.